The van der Waals surface area contributed by atoms with Crippen LogP contribution in [-0.2, 0) is 14.4 Å². The Hall–Kier alpha value is -2.19. The molecule has 8 heteroatoms. The first-order valence-corrected chi connectivity index (χ1v) is 18.2. The van der Waals surface area contributed by atoms with Crippen LogP contribution >= 0.6 is 21.6 Å². The van der Waals surface area contributed by atoms with E-state index in [0.717, 1.165) is 56.6 Å². The highest BCUT2D eigenvalue weighted by molar-refractivity contribution is 8.77. The Morgan fingerprint density at radius 3 is 2.00 bits per heavy atom. The Balaban J connectivity index is 2.03. The van der Waals surface area contributed by atoms with Gasteiger partial charge in [0.2, 0.25) is 11.8 Å². The molecule has 0 spiro atoms. The first-order valence-electron chi connectivity index (χ1n) is 15.8. The first kappa shape index (κ1) is 37.8. The van der Waals surface area contributed by atoms with E-state index in [1.54, 1.807) is 0 Å². The third-order valence-corrected chi connectivity index (χ3v) is 9.72. The van der Waals surface area contributed by atoms with E-state index < -0.39 is 12.0 Å². The molecule has 0 aromatic heterocycles. The van der Waals surface area contributed by atoms with Crippen LogP contribution in [0.15, 0.2) is 60.8 Å². The van der Waals surface area contributed by atoms with Gasteiger partial charge in [0.15, 0.2) is 0 Å². The molecule has 0 aromatic carbocycles. The number of hydrogen-bond donors (Lipinski definition) is 3. The van der Waals surface area contributed by atoms with Crippen LogP contribution in [0.5, 0.6) is 0 Å². The second-order valence-corrected chi connectivity index (χ2v) is 13.3. The second-order valence-electron chi connectivity index (χ2n) is 10.5. The number of carboxylic acid groups (broad SMARTS) is 1. The molecular weight excluding hydrogens is 565 g/mol. The van der Waals surface area contributed by atoms with Crippen molar-refractivity contribution in [2.45, 2.75) is 121 Å². The lowest BCUT2D eigenvalue weighted by Crippen LogP contribution is -2.40. The number of carbonyl (C=O) groups is 3. The van der Waals surface area contributed by atoms with Crippen molar-refractivity contribution in [1.29, 1.82) is 0 Å². The molecule has 1 aliphatic rings. The smallest absolute Gasteiger partial charge is 0.326 e. The third-order valence-electron chi connectivity index (χ3n) is 6.71. The lowest BCUT2D eigenvalue weighted by molar-refractivity contribution is -0.142. The average Bonchev–Trinajstić information content (AvgIpc) is 3.49. The normalized spacial score (nSPS) is 16.5. The van der Waals surface area contributed by atoms with Gasteiger partial charge in [-0.05, 0) is 83.5 Å². The summed E-state index contributed by atoms with van der Waals surface area (Å²) in [5, 5.41) is 15.8. The van der Waals surface area contributed by atoms with Gasteiger partial charge in [0.05, 0.1) is 0 Å². The lowest BCUT2D eigenvalue weighted by atomic mass is 10.1. The third kappa shape index (κ3) is 23.4. The Morgan fingerprint density at radius 2 is 1.40 bits per heavy atom. The van der Waals surface area contributed by atoms with Gasteiger partial charge in [-0.25, -0.2) is 4.79 Å². The Kier molecular flexibility index (Phi) is 24.9. The molecule has 1 rings (SSSR count). The number of rotatable bonds is 25. The summed E-state index contributed by atoms with van der Waals surface area (Å²) in [7, 11) is 3.93. The van der Waals surface area contributed by atoms with Crippen molar-refractivity contribution >= 4 is 39.4 Å². The van der Waals surface area contributed by atoms with Crippen molar-refractivity contribution in [1.82, 2.24) is 10.6 Å². The zero-order chi connectivity index (χ0) is 30.5. The van der Waals surface area contributed by atoms with Gasteiger partial charge in [-0.1, -0.05) is 95.7 Å². The standard InChI is InChI=1S/C34H54N2O4S2/c1-2-3-4-5-6-7-8-9-10-11-12-13-14-15-16-17-18-26-33(38)36-31(34(39)40)24-21-22-28-35-32(37)25-20-19-23-30-27-29-41-42-30/h3-4,6-7,9-10,12-13,15-16,30-31H,2,5,8,11,14,17-29H2,1H3,(H,35,37)(H,36,38)(H,39,40)/b4-3-,7-6-,10-9-,13-12-,16-15-/t30?,31-/m0/s1. The summed E-state index contributed by atoms with van der Waals surface area (Å²) < 4.78 is 0. The van der Waals surface area contributed by atoms with Gasteiger partial charge in [-0.15, -0.1) is 0 Å². The number of unbranched alkanes of at least 4 members (excludes halogenated alkanes) is 3. The van der Waals surface area contributed by atoms with E-state index in [-0.39, 0.29) is 11.8 Å². The summed E-state index contributed by atoms with van der Waals surface area (Å²) in [5.41, 5.74) is 0. The minimum Gasteiger partial charge on any atom is -0.480 e. The predicted octanol–water partition coefficient (Wildman–Crippen LogP) is 8.48. The highest BCUT2D eigenvalue weighted by atomic mass is 33.1. The number of hydrogen-bond acceptors (Lipinski definition) is 5. The minimum absolute atomic E-state index is 0.0686. The SMILES string of the molecule is CC/C=C\C/C=C\C/C=C\C/C=C\C/C=C\CCCC(=O)N[C@@H](CCCCNC(=O)CCCCC1CCSS1)C(=O)O. The van der Waals surface area contributed by atoms with E-state index in [2.05, 4.69) is 78.3 Å². The van der Waals surface area contributed by atoms with Crippen molar-refractivity contribution in [3.05, 3.63) is 60.8 Å². The van der Waals surface area contributed by atoms with Crippen LogP contribution in [0, 0.1) is 0 Å². The van der Waals surface area contributed by atoms with Gasteiger partial charge in [-0.2, -0.15) is 0 Å². The summed E-state index contributed by atoms with van der Waals surface area (Å²) >= 11 is 0. The summed E-state index contributed by atoms with van der Waals surface area (Å²) in [6.45, 7) is 2.68. The zero-order valence-electron chi connectivity index (χ0n) is 25.6. The number of carbonyl (C=O) groups excluding carboxylic acids is 2. The van der Waals surface area contributed by atoms with E-state index in [9.17, 15) is 19.5 Å². The fourth-order valence-electron chi connectivity index (χ4n) is 4.28. The summed E-state index contributed by atoms with van der Waals surface area (Å²) in [5.74, 6) is 0.0781. The van der Waals surface area contributed by atoms with Gasteiger partial charge >= 0.3 is 5.97 Å². The molecule has 1 unspecified atom stereocenters. The number of amides is 2. The van der Waals surface area contributed by atoms with E-state index in [4.69, 9.17) is 0 Å². The maximum atomic E-state index is 12.2. The predicted molar refractivity (Wildman–Crippen MR) is 182 cm³/mol. The molecule has 1 aliphatic heterocycles. The highest BCUT2D eigenvalue weighted by Crippen LogP contribution is 2.39. The Bertz CT molecular complexity index is 877. The average molecular weight is 619 g/mol. The fraction of sp³-hybridized carbons (Fsp3) is 0.618. The molecule has 1 heterocycles. The number of allylic oxidation sites excluding steroid dienone is 10. The van der Waals surface area contributed by atoms with Crippen LogP contribution in [0.2, 0.25) is 0 Å². The minimum atomic E-state index is -1.01. The van der Waals surface area contributed by atoms with Crippen LogP contribution in [0.4, 0.5) is 0 Å². The molecule has 0 radical (unpaired) electrons. The fourth-order valence-corrected chi connectivity index (χ4v) is 7.31. The number of aliphatic carboxylic acids is 1. The van der Waals surface area contributed by atoms with Crippen molar-refractivity contribution in [3.8, 4) is 0 Å². The van der Waals surface area contributed by atoms with Crippen molar-refractivity contribution in [2.24, 2.45) is 0 Å². The lowest BCUT2D eigenvalue weighted by Gasteiger charge is -2.14. The van der Waals surface area contributed by atoms with Crippen molar-refractivity contribution < 1.29 is 19.5 Å². The van der Waals surface area contributed by atoms with Crippen LogP contribution < -0.4 is 10.6 Å². The van der Waals surface area contributed by atoms with Gasteiger partial charge in [0.25, 0.3) is 0 Å². The topological polar surface area (TPSA) is 95.5 Å². The molecule has 0 saturated carbocycles. The summed E-state index contributed by atoms with van der Waals surface area (Å²) in [6, 6.07) is -0.881. The van der Waals surface area contributed by atoms with Gasteiger partial charge in [0.1, 0.15) is 6.04 Å². The molecule has 0 aliphatic carbocycles. The first-order chi connectivity index (χ1) is 20.5. The van der Waals surface area contributed by atoms with E-state index >= 15 is 0 Å². The number of nitrogens with one attached hydrogen (secondary N) is 2. The maximum absolute atomic E-state index is 12.2. The molecule has 1 saturated heterocycles. The van der Waals surface area contributed by atoms with Crippen molar-refractivity contribution in [3.63, 3.8) is 0 Å². The molecular formula is C34H54N2O4S2. The summed E-state index contributed by atoms with van der Waals surface area (Å²) in [6.07, 6.45) is 34.9. The molecule has 2 amide bonds. The molecule has 2 atom stereocenters. The molecule has 42 heavy (non-hydrogen) atoms. The molecule has 1 fully saturated rings. The van der Waals surface area contributed by atoms with Crippen molar-refractivity contribution in [2.75, 3.05) is 12.3 Å². The Morgan fingerprint density at radius 1 is 0.786 bits per heavy atom. The summed E-state index contributed by atoms with van der Waals surface area (Å²) in [4.78, 5) is 35.8. The Labute approximate surface area is 262 Å². The molecule has 0 aromatic rings. The second kappa shape index (κ2) is 27.6. The monoisotopic (exact) mass is 618 g/mol. The molecule has 3 N–H and O–H groups in total. The molecule has 236 valence electrons. The highest BCUT2D eigenvalue weighted by Gasteiger charge is 2.19. The maximum Gasteiger partial charge on any atom is 0.326 e. The number of carboxylic acids is 1. The van der Waals surface area contributed by atoms with Crippen LogP contribution in [0.1, 0.15) is 110 Å². The van der Waals surface area contributed by atoms with Crippen LogP contribution in [0.25, 0.3) is 0 Å². The zero-order valence-corrected chi connectivity index (χ0v) is 27.3. The molecule has 6 nitrogen and oxygen atoms in total. The van der Waals surface area contributed by atoms with E-state index in [0.29, 0.717) is 45.1 Å². The van der Waals surface area contributed by atoms with Gasteiger partial charge in [0, 0.05) is 30.4 Å². The van der Waals surface area contributed by atoms with Crippen LogP contribution in [-0.4, -0.2) is 46.5 Å². The van der Waals surface area contributed by atoms with Gasteiger partial charge < -0.3 is 15.7 Å². The quantitative estimate of drug-likeness (QED) is 0.0540. The largest absolute Gasteiger partial charge is 0.480 e. The van der Waals surface area contributed by atoms with Gasteiger partial charge in [-0.3, -0.25) is 9.59 Å². The van der Waals surface area contributed by atoms with E-state index in [1.165, 1.54) is 18.6 Å². The van der Waals surface area contributed by atoms with E-state index in [1.807, 2.05) is 21.6 Å². The van der Waals surface area contributed by atoms with Crippen LogP contribution in [0.3, 0.4) is 0 Å². The molecule has 0 bridgehead atoms.